The first kappa shape index (κ1) is 9.05. The van der Waals surface area contributed by atoms with Crippen molar-refractivity contribution in [3.8, 4) is 0 Å². The molecule has 0 fully saturated rings. The molecule has 0 radical (unpaired) electrons. The first-order chi connectivity index (χ1) is 5.74. The fraction of sp³-hybridized carbons (Fsp3) is 0.200. The van der Waals surface area contributed by atoms with Gasteiger partial charge in [-0.2, -0.15) is 6.32 Å². The maximum Gasteiger partial charge on any atom is 0.120 e. The number of aryl methyl sites for hydroxylation is 1. The molecule has 0 nitrogen and oxygen atoms in total. The van der Waals surface area contributed by atoms with Gasteiger partial charge in [0.05, 0.1) is 0 Å². The molecule has 0 spiro atoms. The maximum absolute atomic E-state index is 12.8. The van der Waals surface area contributed by atoms with E-state index in [1.165, 1.54) is 17.1 Å². The number of hydrogen-bond acceptors (Lipinski definition) is 0. The van der Waals surface area contributed by atoms with Crippen LogP contribution < -0.4 is 5.46 Å². The largest absolute Gasteiger partial charge is 0.211 e. The van der Waals surface area contributed by atoms with Crippen molar-refractivity contribution in [2.75, 3.05) is 0 Å². The maximum atomic E-state index is 12.8. The van der Waals surface area contributed by atoms with Gasteiger partial charge < -0.3 is 0 Å². The number of halogens is 1. The van der Waals surface area contributed by atoms with Gasteiger partial charge in [0.15, 0.2) is 0 Å². The summed E-state index contributed by atoms with van der Waals surface area (Å²) in [6.07, 6.45) is 2.94. The Morgan fingerprint density at radius 1 is 1.58 bits per heavy atom. The van der Waals surface area contributed by atoms with Gasteiger partial charge in [-0.3, -0.25) is 0 Å². The Bertz CT molecular complexity index is 281. The third-order valence-corrected chi connectivity index (χ3v) is 2.34. The first-order valence-electron chi connectivity index (χ1n) is 4.45. The lowest BCUT2D eigenvalue weighted by atomic mass is 9.66. The van der Waals surface area contributed by atoms with Crippen LogP contribution in [0.5, 0.6) is 0 Å². The summed E-state index contributed by atoms with van der Waals surface area (Å²) in [7, 11) is -0.200. The van der Waals surface area contributed by atoms with E-state index in [1.54, 1.807) is 6.07 Å². The summed E-state index contributed by atoms with van der Waals surface area (Å²) in [5.41, 5.74) is 2.41. The van der Waals surface area contributed by atoms with Crippen LogP contribution in [0, 0.1) is 12.7 Å². The Kier molecular flexibility index (Phi) is 3.09. The van der Waals surface area contributed by atoms with Crippen molar-refractivity contribution < 1.29 is 4.39 Å². The van der Waals surface area contributed by atoms with Crippen molar-refractivity contribution in [3.05, 3.63) is 42.2 Å². The zero-order valence-electron chi connectivity index (χ0n) is 7.60. The zero-order valence-corrected chi connectivity index (χ0v) is 7.60. The van der Waals surface area contributed by atoms with E-state index in [4.69, 9.17) is 0 Å². The van der Waals surface area contributed by atoms with Crippen molar-refractivity contribution in [2.24, 2.45) is 0 Å². The molecule has 0 amide bonds. The minimum absolute atomic E-state index is 0.122. The molecule has 0 aliphatic rings. The molecule has 0 aliphatic heterocycles. The molecule has 1 rings (SSSR count). The lowest BCUT2D eigenvalue weighted by Gasteiger charge is -2.09. The van der Waals surface area contributed by atoms with Crippen LogP contribution >= 0.6 is 0 Å². The smallest absolute Gasteiger partial charge is 0.120 e. The molecule has 1 aromatic rings. The van der Waals surface area contributed by atoms with Crippen molar-refractivity contribution in [2.45, 2.75) is 13.2 Å². The second-order valence-electron chi connectivity index (χ2n) is 3.28. The second kappa shape index (κ2) is 4.10. The molecule has 2 heteroatoms. The lowest BCUT2D eigenvalue weighted by Crippen LogP contribution is -2.16. The Morgan fingerprint density at radius 2 is 2.33 bits per heavy atom. The van der Waals surface area contributed by atoms with Gasteiger partial charge in [-0.25, -0.2) is 9.85 Å². The second-order valence-corrected chi connectivity index (χ2v) is 3.28. The van der Waals surface area contributed by atoms with Gasteiger partial charge in [-0.1, -0.05) is 17.7 Å². The van der Waals surface area contributed by atoms with E-state index in [9.17, 15) is 4.39 Å². The van der Waals surface area contributed by atoms with E-state index in [2.05, 4.69) is 6.58 Å². The van der Waals surface area contributed by atoms with E-state index in [1.807, 2.05) is 19.1 Å². The number of benzene rings is 1. The SMILES string of the molecule is C=CC[BH2-]c1cc(F)ccc1C. The number of hydrogen-bond donors (Lipinski definition) is 0. The summed E-state index contributed by atoms with van der Waals surface area (Å²) < 4.78 is 12.8. The highest BCUT2D eigenvalue weighted by molar-refractivity contribution is 6.54. The average molecular weight is 163 g/mol. The molecular weight excluding hydrogens is 150 g/mol. The minimum atomic E-state index is -0.200. The van der Waals surface area contributed by atoms with Crippen LogP contribution in [0.1, 0.15) is 5.56 Å². The standard InChI is InChI=1S/C10H13BF/c1-3-6-11-10-7-9(12)5-4-8(10)2/h3-5,7H,1,6,11H2,2H3/q-1. The van der Waals surface area contributed by atoms with Gasteiger partial charge in [-0.05, 0) is 13.0 Å². The Morgan fingerprint density at radius 3 is 3.00 bits per heavy atom. The molecule has 64 valence electrons. The van der Waals surface area contributed by atoms with E-state index in [0.29, 0.717) is 0 Å². The predicted octanol–water partition coefficient (Wildman–Crippen LogP) is 1.53. The normalized spacial score (nSPS) is 9.83. The molecule has 0 aromatic heterocycles. The molecule has 0 heterocycles. The van der Waals surface area contributed by atoms with Crippen LogP contribution in [0.2, 0.25) is 6.32 Å². The molecule has 0 aliphatic carbocycles. The Labute approximate surface area is 73.4 Å². The topological polar surface area (TPSA) is 0 Å². The molecule has 0 atom stereocenters. The van der Waals surface area contributed by atoms with Crippen molar-refractivity contribution in [1.82, 2.24) is 0 Å². The fourth-order valence-electron chi connectivity index (χ4n) is 1.45. The third kappa shape index (κ3) is 2.23. The molecule has 12 heavy (non-hydrogen) atoms. The zero-order chi connectivity index (χ0) is 8.97. The Balaban J connectivity index is 2.82. The highest BCUT2D eigenvalue weighted by Gasteiger charge is 1.93. The van der Waals surface area contributed by atoms with E-state index in [-0.39, 0.29) is 13.1 Å². The summed E-state index contributed by atoms with van der Waals surface area (Å²) in [6.45, 7) is 5.69. The van der Waals surface area contributed by atoms with Gasteiger partial charge in [0.25, 0.3) is 0 Å². The monoisotopic (exact) mass is 163 g/mol. The van der Waals surface area contributed by atoms with Crippen LogP contribution in [-0.4, -0.2) is 7.28 Å². The van der Waals surface area contributed by atoms with E-state index < -0.39 is 0 Å². The molecule has 0 bridgehead atoms. The van der Waals surface area contributed by atoms with Crippen LogP contribution in [0.25, 0.3) is 0 Å². The minimum Gasteiger partial charge on any atom is -0.211 e. The van der Waals surface area contributed by atoms with Crippen molar-refractivity contribution >= 4 is 12.7 Å². The summed E-state index contributed by atoms with van der Waals surface area (Å²) in [5, 5.41) is 0. The summed E-state index contributed by atoms with van der Waals surface area (Å²) in [4.78, 5) is 0. The fourth-order valence-corrected chi connectivity index (χ4v) is 1.45. The van der Waals surface area contributed by atoms with Gasteiger partial charge in [0.1, 0.15) is 5.82 Å². The van der Waals surface area contributed by atoms with Crippen LogP contribution in [0.15, 0.2) is 30.9 Å². The van der Waals surface area contributed by atoms with Gasteiger partial charge in [0.2, 0.25) is 0 Å². The van der Waals surface area contributed by atoms with Crippen molar-refractivity contribution in [3.63, 3.8) is 0 Å². The van der Waals surface area contributed by atoms with Crippen LogP contribution in [0.4, 0.5) is 4.39 Å². The highest BCUT2D eigenvalue weighted by Crippen LogP contribution is 1.98. The third-order valence-electron chi connectivity index (χ3n) is 2.34. The quantitative estimate of drug-likeness (QED) is 0.468. The van der Waals surface area contributed by atoms with Crippen molar-refractivity contribution in [1.29, 1.82) is 0 Å². The molecule has 0 saturated heterocycles. The molecule has 0 N–H and O–H groups in total. The first-order valence-corrected chi connectivity index (χ1v) is 4.45. The Hall–Kier alpha value is -1.05. The lowest BCUT2D eigenvalue weighted by molar-refractivity contribution is 0.628. The van der Waals surface area contributed by atoms with Crippen LogP contribution in [-0.2, 0) is 0 Å². The van der Waals surface area contributed by atoms with E-state index >= 15 is 0 Å². The van der Waals surface area contributed by atoms with E-state index in [0.717, 1.165) is 6.32 Å². The van der Waals surface area contributed by atoms with Gasteiger partial charge >= 0.3 is 0 Å². The molecule has 0 saturated carbocycles. The number of allylic oxidation sites excluding steroid dienone is 1. The predicted molar refractivity (Wildman–Crippen MR) is 54.3 cm³/mol. The number of rotatable bonds is 3. The van der Waals surface area contributed by atoms with Gasteiger partial charge in [0, 0.05) is 7.28 Å². The molecular formula is C10H13BF-. The average Bonchev–Trinajstić information content (AvgIpc) is 2.07. The van der Waals surface area contributed by atoms with Crippen LogP contribution in [0.3, 0.4) is 0 Å². The molecule has 1 aromatic carbocycles. The van der Waals surface area contributed by atoms with Gasteiger partial charge in [-0.15, -0.1) is 12.7 Å². The molecule has 0 unspecified atom stereocenters. The highest BCUT2D eigenvalue weighted by atomic mass is 19.1. The summed E-state index contributed by atoms with van der Waals surface area (Å²) in [5.74, 6) is -0.122. The summed E-state index contributed by atoms with van der Waals surface area (Å²) >= 11 is 0. The summed E-state index contributed by atoms with van der Waals surface area (Å²) in [6, 6.07) is 5.01.